The molecule has 4 nitrogen and oxygen atoms in total. The first-order valence-electron chi connectivity index (χ1n) is 5.55. The van der Waals surface area contributed by atoms with Gasteiger partial charge in [0.1, 0.15) is 5.52 Å². The lowest BCUT2D eigenvalue weighted by Crippen LogP contribution is -2.27. The van der Waals surface area contributed by atoms with Crippen molar-refractivity contribution < 1.29 is 4.74 Å². The molecule has 0 aliphatic carbocycles. The van der Waals surface area contributed by atoms with Gasteiger partial charge in [0.05, 0.1) is 11.4 Å². The van der Waals surface area contributed by atoms with Gasteiger partial charge in [-0.05, 0) is 18.6 Å². The Morgan fingerprint density at radius 3 is 2.83 bits per heavy atom. The zero-order valence-electron chi connectivity index (χ0n) is 9.26. The minimum absolute atomic E-state index is 0.229. The Labute approximate surface area is 119 Å². The molecule has 0 amide bonds. The standard InChI is InChI=1S/C11H10Cl3N3O/c12-11(13,14)7-5-6-18-10(7)17-9-4-2-1-3-8(9)15-16-17/h1-4,7,10H,5-6H2. The molecular weight excluding hydrogens is 297 g/mol. The van der Waals surface area contributed by atoms with Gasteiger partial charge in [0.2, 0.25) is 0 Å². The Hall–Kier alpha value is -0.550. The number of para-hydroxylation sites is 1. The molecule has 1 saturated heterocycles. The molecule has 2 atom stereocenters. The molecule has 1 aromatic carbocycles. The van der Waals surface area contributed by atoms with Crippen molar-refractivity contribution in [3.63, 3.8) is 0 Å². The van der Waals surface area contributed by atoms with Gasteiger partial charge in [-0.3, -0.25) is 0 Å². The van der Waals surface area contributed by atoms with Gasteiger partial charge in [-0.2, -0.15) is 0 Å². The molecule has 0 saturated carbocycles. The third kappa shape index (κ3) is 2.07. The lowest BCUT2D eigenvalue weighted by Gasteiger charge is -2.24. The van der Waals surface area contributed by atoms with Crippen LogP contribution in [0.25, 0.3) is 11.0 Å². The highest BCUT2D eigenvalue weighted by atomic mass is 35.6. The van der Waals surface area contributed by atoms with Gasteiger partial charge >= 0.3 is 0 Å². The molecule has 2 aromatic rings. The summed E-state index contributed by atoms with van der Waals surface area (Å²) >= 11 is 18.0. The molecule has 7 heteroatoms. The van der Waals surface area contributed by atoms with Crippen molar-refractivity contribution in [1.29, 1.82) is 0 Å². The second-order valence-electron chi connectivity index (χ2n) is 4.22. The Morgan fingerprint density at radius 2 is 2.06 bits per heavy atom. The van der Waals surface area contributed by atoms with Gasteiger partial charge in [-0.15, -0.1) is 5.10 Å². The Kier molecular flexibility index (Phi) is 3.14. The van der Waals surface area contributed by atoms with E-state index in [1.54, 1.807) is 4.68 Å². The lowest BCUT2D eigenvalue weighted by molar-refractivity contribution is 0.0257. The lowest BCUT2D eigenvalue weighted by atomic mass is 10.1. The molecule has 1 aromatic heterocycles. The predicted molar refractivity (Wildman–Crippen MR) is 70.9 cm³/mol. The van der Waals surface area contributed by atoms with Crippen LogP contribution in [0.4, 0.5) is 0 Å². The minimum Gasteiger partial charge on any atom is -0.356 e. The molecule has 1 aliphatic rings. The first-order chi connectivity index (χ1) is 8.57. The van der Waals surface area contributed by atoms with Crippen LogP contribution in [0.3, 0.4) is 0 Å². The quantitative estimate of drug-likeness (QED) is 0.759. The molecule has 0 N–H and O–H groups in total. The normalized spacial score (nSPS) is 24.8. The molecule has 0 bridgehead atoms. The fourth-order valence-electron chi connectivity index (χ4n) is 2.22. The summed E-state index contributed by atoms with van der Waals surface area (Å²) < 4.78 is 5.97. The van der Waals surface area contributed by atoms with Gasteiger partial charge in [0.15, 0.2) is 10.0 Å². The largest absolute Gasteiger partial charge is 0.356 e. The molecule has 96 valence electrons. The number of hydrogen-bond donors (Lipinski definition) is 0. The number of aromatic nitrogens is 3. The number of fused-ring (bicyclic) bond motifs is 1. The van der Waals surface area contributed by atoms with Crippen LogP contribution >= 0.6 is 34.8 Å². The third-order valence-electron chi connectivity index (χ3n) is 3.10. The van der Waals surface area contributed by atoms with Gasteiger partial charge < -0.3 is 4.74 Å². The molecule has 1 fully saturated rings. The maximum atomic E-state index is 5.99. The summed E-state index contributed by atoms with van der Waals surface area (Å²) in [6.45, 7) is 0.553. The number of alkyl halides is 3. The second kappa shape index (κ2) is 4.53. The molecule has 1 aliphatic heterocycles. The summed E-state index contributed by atoms with van der Waals surface area (Å²) in [7, 11) is 0. The first-order valence-corrected chi connectivity index (χ1v) is 6.69. The van der Waals surface area contributed by atoms with Crippen LogP contribution in [0, 0.1) is 5.92 Å². The second-order valence-corrected chi connectivity index (χ2v) is 6.59. The maximum absolute atomic E-state index is 5.99. The van der Waals surface area contributed by atoms with Crippen LogP contribution in [0.5, 0.6) is 0 Å². The van der Waals surface area contributed by atoms with Crippen LogP contribution in [0.15, 0.2) is 24.3 Å². The number of ether oxygens (including phenoxy) is 1. The molecular formula is C11H10Cl3N3O. The molecule has 3 rings (SSSR count). The van der Waals surface area contributed by atoms with E-state index >= 15 is 0 Å². The van der Waals surface area contributed by atoms with E-state index in [4.69, 9.17) is 39.5 Å². The SMILES string of the molecule is ClC(Cl)(Cl)C1CCOC1n1nnc2ccccc21. The van der Waals surface area contributed by atoms with Gasteiger partial charge in [-0.25, -0.2) is 4.68 Å². The molecule has 18 heavy (non-hydrogen) atoms. The van der Waals surface area contributed by atoms with Crippen LogP contribution in [0.1, 0.15) is 12.6 Å². The molecule has 0 spiro atoms. The molecule has 2 heterocycles. The smallest absolute Gasteiger partial charge is 0.197 e. The number of rotatable bonds is 1. The van der Waals surface area contributed by atoms with Crippen molar-refractivity contribution in [2.45, 2.75) is 16.4 Å². The van der Waals surface area contributed by atoms with E-state index in [1.807, 2.05) is 24.3 Å². The van der Waals surface area contributed by atoms with Crippen molar-refractivity contribution >= 4 is 45.8 Å². The van der Waals surface area contributed by atoms with Crippen molar-refractivity contribution in [3.8, 4) is 0 Å². The highest BCUT2D eigenvalue weighted by Crippen LogP contribution is 2.47. The van der Waals surface area contributed by atoms with Gasteiger partial charge in [0.25, 0.3) is 0 Å². The number of benzene rings is 1. The monoisotopic (exact) mass is 305 g/mol. The van der Waals surface area contributed by atoms with Crippen molar-refractivity contribution in [1.82, 2.24) is 15.0 Å². The van der Waals surface area contributed by atoms with Crippen LogP contribution in [-0.4, -0.2) is 25.4 Å². The number of nitrogens with zero attached hydrogens (tertiary/aromatic N) is 3. The fraction of sp³-hybridized carbons (Fsp3) is 0.455. The average Bonchev–Trinajstić information content (AvgIpc) is 2.93. The Bertz CT molecular complexity index is 566. The predicted octanol–water partition coefficient (Wildman–Crippen LogP) is 3.34. The van der Waals surface area contributed by atoms with Crippen LogP contribution in [-0.2, 0) is 4.74 Å². The maximum Gasteiger partial charge on any atom is 0.197 e. The Balaban J connectivity index is 2.04. The zero-order chi connectivity index (χ0) is 12.8. The van der Waals surface area contributed by atoms with E-state index in [2.05, 4.69) is 10.3 Å². The van der Waals surface area contributed by atoms with E-state index in [0.29, 0.717) is 13.0 Å². The van der Waals surface area contributed by atoms with Gasteiger partial charge in [0, 0.05) is 6.61 Å². The number of hydrogen-bond acceptors (Lipinski definition) is 3. The van der Waals surface area contributed by atoms with Gasteiger partial charge in [-0.1, -0.05) is 52.1 Å². The van der Waals surface area contributed by atoms with Crippen molar-refractivity contribution in [2.24, 2.45) is 5.92 Å². The summed E-state index contributed by atoms with van der Waals surface area (Å²) in [5.74, 6) is -0.229. The summed E-state index contributed by atoms with van der Waals surface area (Å²) in [5.41, 5.74) is 1.68. The first kappa shape index (κ1) is 12.5. The van der Waals surface area contributed by atoms with E-state index in [1.165, 1.54) is 0 Å². The Morgan fingerprint density at radius 1 is 1.28 bits per heavy atom. The fourth-order valence-corrected chi connectivity index (χ4v) is 2.87. The summed E-state index contributed by atoms with van der Waals surface area (Å²) in [4.78, 5) is 0. The van der Waals surface area contributed by atoms with E-state index < -0.39 is 3.79 Å². The van der Waals surface area contributed by atoms with E-state index in [0.717, 1.165) is 11.0 Å². The zero-order valence-corrected chi connectivity index (χ0v) is 11.5. The van der Waals surface area contributed by atoms with Crippen molar-refractivity contribution in [3.05, 3.63) is 24.3 Å². The summed E-state index contributed by atoms with van der Waals surface area (Å²) in [6, 6.07) is 7.63. The average molecular weight is 307 g/mol. The van der Waals surface area contributed by atoms with E-state index in [9.17, 15) is 0 Å². The minimum atomic E-state index is -1.37. The highest BCUT2D eigenvalue weighted by molar-refractivity contribution is 6.67. The summed E-state index contributed by atoms with van der Waals surface area (Å²) in [6.07, 6.45) is 0.305. The topological polar surface area (TPSA) is 39.9 Å². The van der Waals surface area contributed by atoms with Crippen LogP contribution < -0.4 is 0 Å². The highest BCUT2D eigenvalue weighted by Gasteiger charge is 2.44. The number of halogens is 3. The summed E-state index contributed by atoms with van der Waals surface area (Å²) in [5, 5.41) is 8.19. The molecule has 0 radical (unpaired) electrons. The third-order valence-corrected chi connectivity index (χ3v) is 3.94. The van der Waals surface area contributed by atoms with Crippen molar-refractivity contribution in [2.75, 3.05) is 6.61 Å². The molecule has 2 unspecified atom stereocenters. The van der Waals surface area contributed by atoms with E-state index in [-0.39, 0.29) is 12.1 Å². The van der Waals surface area contributed by atoms with Crippen LogP contribution in [0.2, 0.25) is 0 Å².